The quantitative estimate of drug-likeness (QED) is 0.273. The molecule has 0 amide bonds. The summed E-state index contributed by atoms with van der Waals surface area (Å²) in [6.45, 7) is 4.55. The Hall–Kier alpha value is -3.88. The Morgan fingerprint density at radius 3 is 2.18 bits per heavy atom. The van der Waals surface area contributed by atoms with Crippen LogP contribution in [0.5, 0.6) is 5.75 Å². The zero-order valence-corrected chi connectivity index (χ0v) is 19.5. The summed E-state index contributed by atoms with van der Waals surface area (Å²) in [7, 11) is 4.10. The number of benzene rings is 2. The van der Waals surface area contributed by atoms with E-state index in [4.69, 9.17) is 24.0 Å². The van der Waals surface area contributed by atoms with Crippen LogP contribution in [0, 0.1) is 0 Å². The molecule has 176 valence electrons. The first-order valence-corrected chi connectivity index (χ1v) is 10.3. The van der Waals surface area contributed by atoms with Crippen LogP contribution in [0.4, 0.5) is 0 Å². The Labute approximate surface area is 193 Å². The van der Waals surface area contributed by atoms with Gasteiger partial charge in [0, 0.05) is 16.7 Å². The molecule has 0 atom stereocenters. The van der Waals surface area contributed by atoms with Crippen molar-refractivity contribution in [2.45, 2.75) is 26.9 Å². The third-order valence-electron chi connectivity index (χ3n) is 4.38. The third-order valence-corrected chi connectivity index (χ3v) is 4.38. The standard InChI is InChI=1S/C24H29N3O6/c1-6-15-32-20-13-11-18(12-14-20)22(26-30-4)17(2)25-33-16-19-9-7-8-10-21(19)23(27-31-5)24(28)29-3/h7-14H,6,15-16H2,1-5H3. The molecule has 2 rings (SSSR count). The number of oxime groups is 3. The lowest BCUT2D eigenvalue weighted by Gasteiger charge is -2.10. The molecule has 0 saturated carbocycles. The van der Waals surface area contributed by atoms with Gasteiger partial charge in [-0.15, -0.1) is 0 Å². The van der Waals surface area contributed by atoms with Crippen molar-refractivity contribution in [2.24, 2.45) is 15.5 Å². The normalized spacial score (nSPS) is 12.2. The molecule has 0 aliphatic carbocycles. The number of ether oxygens (including phenoxy) is 2. The lowest BCUT2D eigenvalue weighted by molar-refractivity contribution is -0.132. The Balaban J connectivity index is 2.19. The first-order chi connectivity index (χ1) is 16.0. The van der Waals surface area contributed by atoms with Crippen LogP contribution in [0.1, 0.15) is 37.0 Å². The maximum absolute atomic E-state index is 12.1. The van der Waals surface area contributed by atoms with E-state index in [1.165, 1.54) is 21.3 Å². The van der Waals surface area contributed by atoms with Gasteiger partial charge in [0.25, 0.3) is 0 Å². The molecule has 0 N–H and O–H groups in total. The number of rotatable bonds is 12. The summed E-state index contributed by atoms with van der Waals surface area (Å²) < 4.78 is 10.4. The minimum absolute atomic E-state index is 0.0342. The minimum Gasteiger partial charge on any atom is -0.494 e. The van der Waals surface area contributed by atoms with Crippen molar-refractivity contribution >= 4 is 23.1 Å². The maximum atomic E-state index is 12.1. The van der Waals surface area contributed by atoms with E-state index in [2.05, 4.69) is 22.4 Å². The van der Waals surface area contributed by atoms with Crippen molar-refractivity contribution < 1.29 is 28.8 Å². The van der Waals surface area contributed by atoms with Crippen LogP contribution in [-0.4, -0.2) is 51.0 Å². The summed E-state index contributed by atoms with van der Waals surface area (Å²) in [4.78, 5) is 27.5. The van der Waals surface area contributed by atoms with Crippen LogP contribution in [0.2, 0.25) is 0 Å². The number of hydrogen-bond acceptors (Lipinski definition) is 9. The number of nitrogens with zero attached hydrogens (tertiary/aromatic N) is 3. The minimum atomic E-state index is -0.621. The highest BCUT2D eigenvalue weighted by Crippen LogP contribution is 2.16. The Morgan fingerprint density at radius 2 is 1.55 bits per heavy atom. The van der Waals surface area contributed by atoms with Gasteiger partial charge >= 0.3 is 5.97 Å². The SMILES string of the molecule is CCCOc1ccc(C(=NOC)C(C)=NOCc2ccccc2C(=NOC)C(=O)OC)cc1. The van der Waals surface area contributed by atoms with E-state index in [0.29, 0.717) is 29.2 Å². The predicted molar refractivity (Wildman–Crippen MR) is 126 cm³/mol. The molecule has 0 fully saturated rings. The maximum Gasteiger partial charge on any atom is 0.360 e. The van der Waals surface area contributed by atoms with Crippen molar-refractivity contribution in [3.05, 3.63) is 65.2 Å². The van der Waals surface area contributed by atoms with Crippen molar-refractivity contribution in [3.63, 3.8) is 0 Å². The van der Waals surface area contributed by atoms with Crippen molar-refractivity contribution in [1.29, 1.82) is 0 Å². The van der Waals surface area contributed by atoms with E-state index in [0.717, 1.165) is 17.7 Å². The molecular weight excluding hydrogens is 426 g/mol. The van der Waals surface area contributed by atoms with E-state index >= 15 is 0 Å². The second-order valence-electron chi connectivity index (χ2n) is 6.72. The highest BCUT2D eigenvalue weighted by molar-refractivity contribution is 6.47. The van der Waals surface area contributed by atoms with E-state index in [1.54, 1.807) is 25.1 Å². The van der Waals surface area contributed by atoms with Crippen molar-refractivity contribution in [2.75, 3.05) is 27.9 Å². The summed E-state index contributed by atoms with van der Waals surface area (Å²) in [6, 6.07) is 14.6. The Bertz CT molecular complexity index is 1000. The molecule has 0 spiro atoms. The van der Waals surface area contributed by atoms with Crippen LogP contribution >= 0.6 is 0 Å². The number of hydrogen-bond donors (Lipinski definition) is 0. The van der Waals surface area contributed by atoms with Crippen LogP contribution in [0.3, 0.4) is 0 Å². The van der Waals surface area contributed by atoms with Gasteiger partial charge in [0.1, 0.15) is 38.0 Å². The van der Waals surface area contributed by atoms with Gasteiger partial charge in [0.2, 0.25) is 0 Å². The van der Waals surface area contributed by atoms with Gasteiger partial charge < -0.3 is 24.0 Å². The smallest absolute Gasteiger partial charge is 0.360 e. The summed E-state index contributed by atoms with van der Waals surface area (Å²) in [6.07, 6.45) is 0.933. The highest BCUT2D eigenvalue weighted by atomic mass is 16.6. The Morgan fingerprint density at radius 1 is 0.879 bits per heavy atom. The van der Waals surface area contributed by atoms with Crippen LogP contribution in [0.25, 0.3) is 0 Å². The fourth-order valence-corrected chi connectivity index (χ4v) is 2.85. The number of carbonyl (C=O) groups is 1. The summed E-state index contributed by atoms with van der Waals surface area (Å²) in [5.41, 5.74) is 3.06. The lowest BCUT2D eigenvalue weighted by atomic mass is 10.0. The molecule has 0 bridgehead atoms. The molecular formula is C24H29N3O6. The van der Waals surface area contributed by atoms with Gasteiger partial charge in [-0.1, -0.05) is 46.7 Å². The van der Waals surface area contributed by atoms with Crippen LogP contribution < -0.4 is 4.74 Å². The van der Waals surface area contributed by atoms with Crippen LogP contribution in [0.15, 0.2) is 64.0 Å². The molecule has 0 aliphatic heterocycles. The highest BCUT2D eigenvalue weighted by Gasteiger charge is 2.19. The Kier molecular flexibility index (Phi) is 10.4. The molecule has 9 nitrogen and oxygen atoms in total. The number of carbonyl (C=O) groups excluding carboxylic acids is 1. The molecule has 0 aliphatic rings. The summed E-state index contributed by atoms with van der Waals surface area (Å²) in [5, 5.41) is 12.1. The number of esters is 1. The molecule has 0 unspecified atom stereocenters. The van der Waals surface area contributed by atoms with E-state index in [-0.39, 0.29) is 12.3 Å². The molecule has 0 saturated heterocycles. The van der Waals surface area contributed by atoms with E-state index in [1.807, 2.05) is 30.3 Å². The van der Waals surface area contributed by atoms with Gasteiger partial charge in [-0.2, -0.15) is 0 Å². The molecule has 9 heteroatoms. The number of methoxy groups -OCH3 is 1. The van der Waals surface area contributed by atoms with Crippen molar-refractivity contribution in [1.82, 2.24) is 0 Å². The summed E-state index contributed by atoms with van der Waals surface area (Å²) >= 11 is 0. The van der Waals surface area contributed by atoms with Gasteiger partial charge in [-0.05, 0) is 37.6 Å². The molecule has 2 aromatic rings. The fourth-order valence-electron chi connectivity index (χ4n) is 2.85. The van der Waals surface area contributed by atoms with Gasteiger partial charge in [0.15, 0.2) is 5.71 Å². The molecule has 0 heterocycles. The topological polar surface area (TPSA) is 100 Å². The second-order valence-corrected chi connectivity index (χ2v) is 6.72. The molecule has 0 radical (unpaired) electrons. The first-order valence-electron chi connectivity index (χ1n) is 10.3. The average Bonchev–Trinajstić information content (AvgIpc) is 2.85. The molecule has 2 aromatic carbocycles. The monoisotopic (exact) mass is 455 g/mol. The predicted octanol–water partition coefficient (Wildman–Crippen LogP) is 3.94. The average molecular weight is 456 g/mol. The third kappa shape index (κ3) is 7.34. The van der Waals surface area contributed by atoms with Gasteiger partial charge in [-0.25, -0.2) is 4.79 Å². The van der Waals surface area contributed by atoms with Crippen LogP contribution in [-0.2, 0) is 30.7 Å². The lowest BCUT2D eigenvalue weighted by Crippen LogP contribution is -2.19. The molecule has 33 heavy (non-hydrogen) atoms. The van der Waals surface area contributed by atoms with Crippen molar-refractivity contribution in [3.8, 4) is 5.75 Å². The zero-order chi connectivity index (χ0) is 24.1. The summed E-state index contributed by atoms with van der Waals surface area (Å²) in [5.74, 6) is 0.156. The zero-order valence-electron chi connectivity index (χ0n) is 19.5. The van der Waals surface area contributed by atoms with Gasteiger partial charge in [0.05, 0.1) is 13.7 Å². The first kappa shape index (κ1) is 25.4. The fraction of sp³-hybridized carbons (Fsp3) is 0.333. The van der Waals surface area contributed by atoms with E-state index < -0.39 is 5.97 Å². The molecule has 0 aromatic heterocycles. The second kappa shape index (κ2) is 13.5. The largest absolute Gasteiger partial charge is 0.494 e. The van der Waals surface area contributed by atoms with Gasteiger partial charge in [-0.3, -0.25) is 0 Å². The van der Waals surface area contributed by atoms with E-state index in [9.17, 15) is 4.79 Å².